The van der Waals surface area contributed by atoms with Gasteiger partial charge in [-0.25, -0.2) is 8.42 Å². The van der Waals surface area contributed by atoms with E-state index in [0.29, 0.717) is 29.3 Å². The largest absolute Gasteiger partial charge is 0.487 e. The van der Waals surface area contributed by atoms with Crippen LogP contribution in [-0.4, -0.2) is 32.3 Å². The Bertz CT molecular complexity index is 837. The van der Waals surface area contributed by atoms with Crippen molar-refractivity contribution in [1.82, 2.24) is 4.98 Å². The first-order chi connectivity index (χ1) is 10.4. The lowest BCUT2D eigenvalue weighted by molar-refractivity contribution is 0.241. The summed E-state index contributed by atoms with van der Waals surface area (Å²) in [6, 6.07) is 5.29. The zero-order chi connectivity index (χ0) is 15.9. The van der Waals surface area contributed by atoms with Crippen molar-refractivity contribution in [2.75, 3.05) is 12.8 Å². The van der Waals surface area contributed by atoms with Gasteiger partial charge in [-0.2, -0.15) is 0 Å². The zero-order valence-electron chi connectivity index (χ0n) is 11.9. The maximum atomic E-state index is 11.7. The van der Waals surface area contributed by atoms with Crippen molar-refractivity contribution in [3.63, 3.8) is 0 Å². The number of nitrogens with two attached hydrogens (primary N) is 1. The Morgan fingerprint density at radius 2 is 2.09 bits per heavy atom. The van der Waals surface area contributed by atoms with E-state index in [0.717, 1.165) is 17.4 Å². The van der Waals surface area contributed by atoms with Crippen molar-refractivity contribution in [1.29, 1.82) is 0 Å². The topological polar surface area (TPSA) is 82.3 Å². The molecule has 1 aromatic carbocycles. The number of nitrogens with zero attached hydrogens (tertiary/aromatic N) is 1. The molecule has 0 saturated heterocycles. The Hall–Kier alpha value is -1.63. The first kappa shape index (κ1) is 15.3. The highest BCUT2D eigenvalue weighted by Gasteiger charge is 2.25. The van der Waals surface area contributed by atoms with Crippen LogP contribution in [0, 0.1) is 0 Å². The molecule has 1 atom stereocenters. The van der Waals surface area contributed by atoms with Crippen molar-refractivity contribution in [2.45, 2.75) is 17.4 Å². The highest BCUT2D eigenvalue weighted by molar-refractivity contribution is 7.90. The predicted octanol–water partition coefficient (Wildman–Crippen LogP) is 2.07. The van der Waals surface area contributed by atoms with Gasteiger partial charge in [0.05, 0.1) is 9.92 Å². The number of rotatable bonds is 3. The molecule has 1 aliphatic heterocycles. The molecule has 1 aromatic heterocycles. The first-order valence-corrected chi connectivity index (χ1v) is 9.00. The summed E-state index contributed by atoms with van der Waals surface area (Å²) >= 11 is 6.27. The second-order valence-corrected chi connectivity index (χ2v) is 7.73. The molecular weight excluding hydrogens is 324 g/mol. The summed E-state index contributed by atoms with van der Waals surface area (Å²) in [5.41, 5.74) is 8.12. The Labute approximate surface area is 134 Å². The normalized spacial score (nSPS) is 17.1. The Kier molecular flexibility index (Phi) is 3.84. The number of hydrogen-bond donors (Lipinski definition) is 1. The lowest BCUT2D eigenvalue weighted by atomic mass is 10.0. The van der Waals surface area contributed by atoms with Gasteiger partial charge in [-0.3, -0.25) is 4.98 Å². The molecular formula is C15H15ClN2O3S. The van der Waals surface area contributed by atoms with Crippen LogP contribution in [0.15, 0.2) is 35.5 Å². The molecule has 7 heteroatoms. The highest BCUT2D eigenvalue weighted by atomic mass is 35.5. The first-order valence-electron chi connectivity index (χ1n) is 6.73. The van der Waals surface area contributed by atoms with Crippen LogP contribution < -0.4 is 10.5 Å². The minimum absolute atomic E-state index is 0.0665. The lowest BCUT2D eigenvalue weighted by Crippen LogP contribution is -2.24. The SMILES string of the molecule is CS(=O)(=O)c1cncc(-c2cc(Cl)c3c(c2)CC(CN)O3)c1. The van der Waals surface area contributed by atoms with Crippen LogP contribution >= 0.6 is 11.6 Å². The minimum Gasteiger partial charge on any atom is -0.487 e. The summed E-state index contributed by atoms with van der Waals surface area (Å²) in [5, 5.41) is 0.494. The van der Waals surface area contributed by atoms with E-state index in [9.17, 15) is 8.42 Å². The van der Waals surface area contributed by atoms with Crippen molar-refractivity contribution < 1.29 is 13.2 Å². The van der Waals surface area contributed by atoms with Gasteiger partial charge in [0.15, 0.2) is 9.84 Å². The molecule has 2 aromatic rings. The second kappa shape index (κ2) is 5.53. The van der Waals surface area contributed by atoms with Gasteiger partial charge in [0.2, 0.25) is 0 Å². The standard InChI is InChI=1S/C15H15ClN2O3S/c1-22(19,20)13-4-11(7-18-8-13)9-2-10-3-12(6-17)21-15(10)14(16)5-9/h2,4-5,7-8,12H,3,6,17H2,1H3. The molecule has 3 rings (SSSR count). The second-order valence-electron chi connectivity index (χ2n) is 5.31. The molecule has 1 aliphatic rings. The molecule has 116 valence electrons. The number of pyridine rings is 1. The maximum Gasteiger partial charge on any atom is 0.177 e. The highest BCUT2D eigenvalue weighted by Crippen LogP contribution is 2.39. The molecule has 2 heterocycles. The van der Waals surface area contributed by atoms with E-state index in [-0.39, 0.29) is 11.0 Å². The molecule has 0 fully saturated rings. The number of benzene rings is 1. The van der Waals surface area contributed by atoms with Gasteiger partial charge >= 0.3 is 0 Å². The summed E-state index contributed by atoms with van der Waals surface area (Å²) in [7, 11) is -3.30. The summed E-state index contributed by atoms with van der Waals surface area (Å²) in [6.45, 7) is 0.422. The fourth-order valence-electron chi connectivity index (χ4n) is 2.47. The fraction of sp³-hybridized carbons (Fsp3) is 0.267. The quantitative estimate of drug-likeness (QED) is 0.926. The smallest absolute Gasteiger partial charge is 0.177 e. The van der Waals surface area contributed by atoms with Crippen molar-refractivity contribution in [2.24, 2.45) is 5.73 Å². The molecule has 0 aliphatic carbocycles. The molecule has 0 radical (unpaired) electrons. The number of halogens is 1. The Morgan fingerprint density at radius 1 is 1.32 bits per heavy atom. The van der Waals surface area contributed by atoms with E-state index in [1.807, 2.05) is 6.07 Å². The zero-order valence-corrected chi connectivity index (χ0v) is 13.5. The van der Waals surface area contributed by atoms with E-state index in [1.54, 1.807) is 18.3 Å². The third-order valence-corrected chi connectivity index (χ3v) is 4.95. The van der Waals surface area contributed by atoms with Crippen LogP contribution in [0.1, 0.15) is 5.56 Å². The summed E-state index contributed by atoms with van der Waals surface area (Å²) in [5.74, 6) is 0.660. The summed E-state index contributed by atoms with van der Waals surface area (Å²) in [4.78, 5) is 4.19. The maximum absolute atomic E-state index is 11.7. The van der Waals surface area contributed by atoms with E-state index in [2.05, 4.69) is 4.98 Å². The van der Waals surface area contributed by atoms with Gasteiger partial charge in [0.1, 0.15) is 11.9 Å². The van der Waals surface area contributed by atoms with E-state index >= 15 is 0 Å². The fourth-order valence-corrected chi connectivity index (χ4v) is 3.34. The van der Waals surface area contributed by atoms with Crippen LogP contribution in [0.5, 0.6) is 5.75 Å². The predicted molar refractivity (Wildman–Crippen MR) is 85.0 cm³/mol. The monoisotopic (exact) mass is 338 g/mol. The van der Waals surface area contributed by atoms with Gasteiger partial charge in [-0.15, -0.1) is 0 Å². The van der Waals surface area contributed by atoms with Crippen molar-refractivity contribution >= 4 is 21.4 Å². The Morgan fingerprint density at radius 3 is 2.77 bits per heavy atom. The Balaban J connectivity index is 2.06. The molecule has 0 saturated carbocycles. The third-order valence-electron chi connectivity index (χ3n) is 3.59. The van der Waals surface area contributed by atoms with Gasteiger partial charge in [-0.1, -0.05) is 11.6 Å². The van der Waals surface area contributed by atoms with Crippen LogP contribution in [-0.2, 0) is 16.3 Å². The van der Waals surface area contributed by atoms with Gasteiger partial charge < -0.3 is 10.5 Å². The van der Waals surface area contributed by atoms with E-state index in [1.165, 1.54) is 6.20 Å². The molecule has 5 nitrogen and oxygen atoms in total. The van der Waals surface area contributed by atoms with Crippen molar-refractivity contribution in [3.8, 4) is 16.9 Å². The summed E-state index contributed by atoms with van der Waals surface area (Å²) < 4.78 is 29.0. The number of fused-ring (bicyclic) bond motifs is 1. The van der Waals surface area contributed by atoms with Crippen LogP contribution in [0.4, 0.5) is 0 Å². The van der Waals surface area contributed by atoms with E-state index in [4.69, 9.17) is 22.1 Å². The van der Waals surface area contributed by atoms with Gasteiger partial charge in [0, 0.05) is 42.7 Å². The van der Waals surface area contributed by atoms with Crippen LogP contribution in [0.25, 0.3) is 11.1 Å². The van der Waals surface area contributed by atoms with Gasteiger partial charge in [0.25, 0.3) is 0 Å². The third kappa shape index (κ3) is 2.82. The molecule has 2 N–H and O–H groups in total. The molecule has 22 heavy (non-hydrogen) atoms. The number of ether oxygens (including phenoxy) is 1. The lowest BCUT2D eigenvalue weighted by Gasteiger charge is -2.09. The average Bonchev–Trinajstić information content (AvgIpc) is 2.90. The minimum atomic E-state index is -3.30. The number of sulfone groups is 1. The van der Waals surface area contributed by atoms with Gasteiger partial charge in [-0.05, 0) is 23.8 Å². The van der Waals surface area contributed by atoms with E-state index < -0.39 is 9.84 Å². The molecule has 0 amide bonds. The van der Waals surface area contributed by atoms with Crippen LogP contribution in [0.2, 0.25) is 5.02 Å². The molecule has 0 bridgehead atoms. The number of aromatic nitrogens is 1. The molecule has 0 spiro atoms. The number of hydrogen-bond acceptors (Lipinski definition) is 5. The van der Waals surface area contributed by atoms with Crippen molar-refractivity contribution in [3.05, 3.63) is 41.2 Å². The molecule has 1 unspecified atom stereocenters. The van der Waals surface area contributed by atoms with Crippen LogP contribution in [0.3, 0.4) is 0 Å². The average molecular weight is 339 g/mol. The summed E-state index contributed by atoms with van der Waals surface area (Å²) in [6.07, 6.45) is 4.73.